The molecule has 7 heteroatoms. The molecule has 0 aromatic carbocycles. The lowest BCUT2D eigenvalue weighted by Gasteiger charge is -2.19. The highest BCUT2D eigenvalue weighted by Gasteiger charge is 2.37. The molecule has 0 bridgehead atoms. The lowest BCUT2D eigenvalue weighted by atomic mass is 10.5. The van der Waals surface area contributed by atoms with Crippen LogP contribution in [-0.4, -0.2) is 55.9 Å². The molecule has 0 aromatic heterocycles. The molecule has 0 radical (unpaired) electrons. The first-order valence-corrected chi connectivity index (χ1v) is 6.78. The number of nitrogens with zero attached hydrogens (tertiary/aromatic N) is 1. The van der Waals surface area contributed by atoms with Gasteiger partial charge in [-0.2, -0.15) is 4.31 Å². The minimum atomic E-state index is -3.45. The van der Waals surface area contributed by atoms with Crippen LogP contribution in [0.4, 0.5) is 0 Å². The fraction of sp³-hybridized carbons (Fsp3) is 0.889. The van der Waals surface area contributed by atoms with Gasteiger partial charge in [0, 0.05) is 19.8 Å². The van der Waals surface area contributed by atoms with Crippen molar-refractivity contribution in [1.29, 1.82) is 0 Å². The van der Waals surface area contributed by atoms with Crippen molar-refractivity contribution in [2.45, 2.75) is 25.3 Å². The largest absolute Gasteiger partial charge is 0.480 e. The second-order valence-corrected chi connectivity index (χ2v) is 5.87. The van der Waals surface area contributed by atoms with Crippen LogP contribution in [-0.2, 0) is 19.6 Å². The second kappa shape index (κ2) is 5.60. The smallest absolute Gasteiger partial charge is 0.318 e. The molecule has 0 atom stereocenters. The standard InChI is InChI=1S/C9H17NO5S/c1-15-5-2-6-16(13,14)10(7-9(11)12)8-3-4-8/h8H,2-7H2,1H3,(H,11,12). The van der Waals surface area contributed by atoms with Crippen LogP contribution in [0.1, 0.15) is 19.3 Å². The molecule has 1 rings (SSSR count). The Morgan fingerprint density at radius 1 is 1.50 bits per heavy atom. The molecule has 0 saturated heterocycles. The summed E-state index contributed by atoms with van der Waals surface area (Å²) in [5.41, 5.74) is 0. The molecule has 0 unspecified atom stereocenters. The topological polar surface area (TPSA) is 83.9 Å². The normalized spacial score (nSPS) is 16.6. The van der Waals surface area contributed by atoms with E-state index in [1.54, 1.807) is 0 Å². The van der Waals surface area contributed by atoms with Crippen LogP contribution in [0.3, 0.4) is 0 Å². The van der Waals surface area contributed by atoms with E-state index in [1.807, 2.05) is 0 Å². The van der Waals surface area contributed by atoms with Crippen LogP contribution in [0, 0.1) is 0 Å². The van der Waals surface area contributed by atoms with Crippen LogP contribution in [0.5, 0.6) is 0 Å². The molecule has 1 aliphatic carbocycles. The van der Waals surface area contributed by atoms with Gasteiger partial charge in [0.2, 0.25) is 10.0 Å². The van der Waals surface area contributed by atoms with Gasteiger partial charge in [0.15, 0.2) is 0 Å². The minimum absolute atomic E-state index is 0.0510. The summed E-state index contributed by atoms with van der Waals surface area (Å²) in [6.07, 6.45) is 1.91. The molecule has 0 amide bonds. The van der Waals surface area contributed by atoms with Gasteiger partial charge in [-0.3, -0.25) is 4.79 Å². The van der Waals surface area contributed by atoms with E-state index in [0.717, 1.165) is 17.1 Å². The van der Waals surface area contributed by atoms with Gasteiger partial charge in [0.05, 0.1) is 5.75 Å². The molecule has 0 aromatic rings. The molecular formula is C9H17NO5S. The van der Waals surface area contributed by atoms with E-state index in [-0.39, 0.29) is 11.8 Å². The van der Waals surface area contributed by atoms with Crippen molar-refractivity contribution in [1.82, 2.24) is 4.31 Å². The Morgan fingerprint density at radius 2 is 2.12 bits per heavy atom. The maximum Gasteiger partial charge on any atom is 0.318 e. The third-order valence-corrected chi connectivity index (χ3v) is 4.30. The fourth-order valence-electron chi connectivity index (χ4n) is 1.45. The Bertz CT molecular complexity index is 336. The summed E-state index contributed by atoms with van der Waals surface area (Å²) in [4.78, 5) is 10.6. The molecule has 0 heterocycles. The number of carbonyl (C=O) groups is 1. The van der Waals surface area contributed by atoms with Crippen LogP contribution in [0.2, 0.25) is 0 Å². The average Bonchev–Trinajstić information content (AvgIpc) is 2.97. The zero-order valence-electron chi connectivity index (χ0n) is 9.26. The first-order chi connectivity index (χ1) is 7.47. The Balaban J connectivity index is 2.57. The van der Waals surface area contributed by atoms with Crippen LogP contribution >= 0.6 is 0 Å². The van der Waals surface area contributed by atoms with Gasteiger partial charge in [-0.1, -0.05) is 0 Å². The SMILES string of the molecule is COCCCS(=O)(=O)N(CC(=O)O)C1CC1. The molecule has 94 valence electrons. The number of ether oxygens (including phenoxy) is 1. The van der Waals surface area contributed by atoms with Crippen LogP contribution in [0.15, 0.2) is 0 Å². The Labute approximate surface area is 95.2 Å². The lowest BCUT2D eigenvalue weighted by molar-refractivity contribution is -0.137. The first-order valence-electron chi connectivity index (χ1n) is 5.17. The van der Waals surface area contributed by atoms with E-state index >= 15 is 0 Å². The summed E-state index contributed by atoms with van der Waals surface area (Å²) in [5, 5.41) is 8.66. The summed E-state index contributed by atoms with van der Waals surface area (Å²) in [5.74, 6) is -1.16. The van der Waals surface area contributed by atoms with Crippen molar-refractivity contribution in [3.05, 3.63) is 0 Å². The quantitative estimate of drug-likeness (QED) is 0.609. The molecule has 0 aliphatic heterocycles. The average molecular weight is 251 g/mol. The number of sulfonamides is 1. The molecule has 16 heavy (non-hydrogen) atoms. The summed E-state index contributed by atoms with van der Waals surface area (Å²) in [7, 11) is -1.95. The van der Waals surface area contributed by atoms with Gasteiger partial charge in [-0.05, 0) is 19.3 Å². The second-order valence-electron chi connectivity index (χ2n) is 3.83. The van der Waals surface area contributed by atoms with E-state index in [1.165, 1.54) is 7.11 Å². The Kier molecular flexibility index (Phi) is 4.69. The number of carboxylic acids is 1. The van der Waals surface area contributed by atoms with Crippen molar-refractivity contribution < 1.29 is 23.1 Å². The molecule has 0 spiro atoms. The molecule has 1 saturated carbocycles. The molecular weight excluding hydrogens is 234 g/mol. The summed E-state index contributed by atoms with van der Waals surface area (Å²) in [6.45, 7) is -0.0647. The van der Waals surface area contributed by atoms with Gasteiger partial charge in [-0.25, -0.2) is 8.42 Å². The lowest BCUT2D eigenvalue weighted by Crippen LogP contribution is -2.39. The number of hydrogen-bond donors (Lipinski definition) is 1. The maximum atomic E-state index is 11.8. The van der Waals surface area contributed by atoms with Crippen LogP contribution in [0.25, 0.3) is 0 Å². The molecule has 6 nitrogen and oxygen atoms in total. The van der Waals surface area contributed by atoms with Gasteiger partial charge in [0.1, 0.15) is 6.54 Å². The van der Waals surface area contributed by atoms with E-state index in [2.05, 4.69) is 0 Å². The highest BCUT2D eigenvalue weighted by molar-refractivity contribution is 7.89. The highest BCUT2D eigenvalue weighted by atomic mass is 32.2. The summed E-state index contributed by atoms with van der Waals surface area (Å²) in [6, 6.07) is -0.108. The van der Waals surface area contributed by atoms with Gasteiger partial charge in [0.25, 0.3) is 0 Å². The van der Waals surface area contributed by atoms with Crippen molar-refractivity contribution in [3.63, 3.8) is 0 Å². The summed E-state index contributed by atoms with van der Waals surface area (Å²) < 4.78 is 29.5. The number of aliphatic carboxylic acids is 1. The van der Waals surface area contributed by atoms with E-state index in [4.69, 9.17) is 9.84 Å². The van der Waals surface area contributed by atoms with Gasteiger partial charge < -0.3 is 9.84 Å². The predicted molar refractivity (Wildman–Crippen MR) is 57.6 cm³/mol. The zero-order valence-corrected chi connectivity index (χ0v) is 10.1. The summed E-state index contributed by atoms with van der Waals surface area (Å²) >= 11 is 0. The Hall–Kier alpha value is -0.660. The van der Waals surface area contributed by atoms with Crippen molar-refractivity contribution >= 4 is 16.0 Å². The Morgan fingerprint density at radius 3 is 2.56 bits per heavy atom. The molecule has 1 aliphatic rings. The monoisotopic (exact) mass is 251 g/mol. The van der Waals surface area contributed by atoms with Gasteiger partial charge >= 0.3 is 5.97 Å². The fourth-order valence-corrected chi connectivity index (χ4v) is 3.14. The van der Waals surface area contributed by atoms with Crippen molar-refractivity contribution in [3.8, 4) is 0 Å². The number of carboxylic acid groups (broad SMARTS) is 1. The number of rotatable bonds is 8. The maximum absolute atomic E-state index is 11.8. The van der Waals surface area contributed by atoms with E-state index < -0.39 is 22.5 Å². The first kappa shape index (κ1) is 13.4. The van der Waals surface area contributed by atoms with Crippen molar-refractivity contribution in [2.75, 3.05) is 26.0 Å². The van der Waals surface area contributed by atoms with E-state index in [9.17, 15) is 13.2 Å². The van der Waals surface area contributed by atoms with Gasteiger partial charge in [-0.15, -0.1) is 0 Å². The van der Waals surface area contributed by atoms with Crippen LogP contribution < -0.4 is 0 Å². The van der Waals surface area contributed by atoms with Crippen molar-refractivity contribution in [2.24, 2.45) is 0 Å². The zero-order chi connectivity index (χ0) is 12.2. The number of hydrogen-bond acceptors (Lipinski definition) is 4. The van der Waals surface area contributed by atoms with E-state index in [0.29, 0.717) is 13.0 Å². The molecule has 1 N–H and O–H groups in total. The third-order valence-electron chi connectivity index (χ3n) is 2.35. The molecule has 1 fully saturated rings. The third kappa shape index (κ3) is 4.07. The highest BCUT2D eigenvalue weighted by Crippen LogP contribution is 2.29. The predicted octanol–water partition coefficient (Wildman–Crippen LogP) is -0.0983. The number of methoxy groups -OCH3 is 1. The minimum Gasteiger partial charge on any atom is -0.480 e.